The van der Waals surface area contributed by atoms with Crippen molar-refractivity contribution in [2.45, 2.75) is 77.2 Å². The van der Waals surface area contributed by atoms with E-state index < -0.39 is 5.60 Å². The van der Waals surface area contributed by atoms with Gasteiger partial charge in [-0.2, -0.15) is 0 Å². The van der Waals surface area contributed by atoms with Crippen molar-refractivity contribution in [2.75, 3.05) is 13.1 Å². The van der Waals surface area contributed by atoms with Crippen molar-refractivity contribution in [3.8, 4) is 0 Å². The van der Waals surface area contributed by atoms with E-state index in [1.54, 1.807) is 0 Å². The van der Waals surface area contributed by atoms with E-state index in [4.69, 9.17) is 0 Å². The van der Waals surface area contributed by atoms with Gasteiger partial charge in [-0.05, 0) is 86.0 Å². The van der Waals surface area contributed by atoms with Crippen LogP contribution in [0, 0.1) is 40.4 Å². The first-order valence-corrected chi connectivity index (χ1v) is 11.7. The Morgan fingerprint density at radius 2 is 1.78 bits per heavy atom. The number of nitrogens with one attached hydrogen (secondary N) is 1. The zero-order valence-corrected chi connectivity index (χ0v) is 17.5. The molecule has 0 unspecified atom stereocenters. The second-order valence-electron chi connectivity index (χ2n) is 11.4. The van der Waals surface area contributed by atoms with Crippen LogP contribution < -0.4 is 5.32 Å². The van der Waals surface area contributed by atoms with Crippen LogP contribution in [0.25, 0.3) is 0 Å². The smallest absolute Gasteiger partial charge is 0.0915 e. The van der Waals surface area contributed by atoms with Gasteiger partial charge < -0.3 is 10.4 Å². The minimum absolute atomic E-state index is 0.0410. The standard InChI is InChI=1S/C25H39NO/c1-17-13-20-21-5-4-10-23(21,2)11-9-22(20)24(3)12-8-18(14-25(17,24)27)6-7-19-15-26-16-19/h6-7,18-22,26-27H,1,4-5,8-16H2,2-3H3/b7-6-/t18-,20+,21+,22+,23+,24-,25+/m1/s1. The molecule has 5 aliphatic rings. The van der Waals surface area contributed by atoms with Crippen LogP contribution in [0.1, 0.15) is 71.6 Å². The minimum atomic E-state index is -0.647. The first-order valence-electron chi connectivity index (χ1n) is 11.7. The maximum absolute atomic E-state index is 12.0. The summed E-state index contributed by atoms with van der Waals surface area (Å²) in [6, 6.07) is 0. The Balaban J connectivity index is 1.40. The third kappa shape index (κ3) is 2.58. The van der Waals surface area contributed by atoms with E-state index in [1.807, 2.05) is 0 Å². The normalized spacial score (nSPS) is 52.9. The fraction of sp³-hybridized carbons (Fsp3) is 0.840. The molecule has 4 saturated carbocycles. The van der Waals surface area contributed by atoms with Gasteiger partial charge in [0, 0.05) is 24.4 Å². The Morgan fingerprint density at radius 1 is 1.00 bits per heavy atom. The third-order valence-corrected chi connectivity index (χ3v) is 10.1. The monoisotopic (exact) mass is 369 g/mol. The first kappa shape index (κ1) is 18.4. The number of hydrogen-bond donors (Lipinski definition) is 2. The molecule has 0 radical (unpaired) electrons. The third-order valence-electron chi connectivity index (χ3n) is 10.1. The van der Waals surface area contributed by atoms with Gasteiger partial charge in [0.2, 0.25) is 0 Å². The summed E-state index contributed by atoms with van der Waals surface area (Å²) in [7, 11) is 0. The van der Waals surface area contributed by atoms with E-state index >= 15 is 0 Å². The van der Waals surface area contributed by atoms with Crippen LogP contribution in [-0.4, -0.2) is 23.8 Å². The van der Waals surface area contributed by atoms with Gasteiger partial charge in [-0.25, -0.2) is 0 Å². The molecule has 4 aliphatic carbocycles. The molecule has 2 heteroatoms. The number of rotatable bonds is 2. The number of hydrogen-bond acceptors (Lipinski definition) is 2. The van der Waals surface area contributed by atoms with E-state index in [-0.39, 0.29) is 5.41 Å². The van der Waals surface area contributed by atoms with Crippen LogP contribution in [0.5, 0.6) is 0 Å². The second-order valence-corrected chi connectivity index (χ2v) is 11.4. The van der Waals surface area contributed by atoms with Gasteiger partial charge in [-0.15, -0.1) is 0 Å². The molecule has 0 amide bonds. The summed E-state index contributed by atoms with van der Waals surface area (Å²) >= 11 is 0. The van der Waals surface area contributed by atoms with E-state index in [2.05, 4.69) is 37.9 Å². The molecule has 150 valence electrons. The summed E-state index contributed by atoms with van der Waals surface area (Å²) in [4.78, 5) is 0. The first-order chi connectivity index (χ1) is 12.9. The highest BCUT2D eigenvalue weighted by Gasteiger charge is 2.64. The fourth-order valence-electron chi connectivity index (χ4n) is 8.18. The fourth-order valence-corrected chi connectivity index (χ4v) is 8.18. The molecule has 5 rings (SSSR count). The Hall–Kier alpha value is -0.600. The molecule has 1 aliphatic heterocycles. The molecule has 0 aromatic heterocycles. The van der Waals surface area contributed by atoms with E-state index in [9.17, 15) is 5.11 Å². The number of allylic oxidation sites excluding steroid dienone is 1. The lowest BCUT2D eigenvalue weighted by Gasteiger charge is -2.64. The summed E-state index contributed by atoms with van der Waals surface area (Å²) in [6.45, 7) is 11.8. The van der Waals surface area contributed by atoms with Crippen LogP contribution in [0.15, 0.2) is 24.3 Å². The van der Waals surface area contributed by atoms with Gasteiger partial charge in [0.25, 0.3) is 0 Å². The molecule has 1 saturated heterocycles. The van der Waals surface area contributed by atoms with E-state index in [0.717, 1.165) is 37.8 Å². The molecule has 5 fully saturated rings. The molecule has 1 heterocycles. The van der Waals surface area contributed by atoms with Crippen LogP contribution in [0.3, 0.4) is 0 Å². The molecule has 0 bridgehead atoms. The van der Waals surface area contributed by atoms with Gasteiger partial charge in [0.15, 0.2) is 0 Å². The van der Waals surface area contributed by atoms with Crippen LogP contribution in [-0.2, 0) is 0 Å². The average molecular weight is 370 g/mol. The zero-order valence-electron chi connectivity index (χ0n) is 17.5. The largest absolute Gasteiger partial charge is 0.385 e. The quantitative estimate of drug-likeness (QED) is 0.664. The maximum Gasteiger partial charge on any atom is 0.0915 e. The van der Waals surface area contributed by atoms with Crippen molar-refractivity contribution >= 4 is 0 Å². The zero-order chi connectivity index (χ0) is 18.9. The highest BCUT2D eigenvalue weighted by Crippen LogP contribution is 2.68. The number of aliphatic hydroxyl groups is 1. The van der Waals surface area contributed by atoms with Crippen molar-refractivity contribution < 1.29 is 5.11 Å². The van der Waals surface area contributed by atoms with Gasteiger partial charge >= 0.3 is 0 Å². The lowest BCUT2D eigenvalue weighted by Crippen LogP contribution is -2.62. The Morgan fingerprint density at radius 3 is 2.52 bits per heavy atom. The molecule has 0 spiro atoms. The number of fused-ring (bicyclic) bond motifs is 5. The predicted octanol–water partition coefficient (Wildman–Crippen LogP) is 5.09. The van der Waals surface area contributed by atoms with Crippen molar-refractivity contribution in [1.82, 2.24) is 5.32 Å². The molecule has 27 heavy (non-hydrogen) atoms. The van der Waals surface area contributed by atoms with E-state index in [1.165, 1.54) is 50.5 Å². The van der Waals surface area contributed by atoms with Gasteiger partial charge in [-0.1, -0.05) is 39.0 Å². The molecule has 2 N–H and O–H groups in total. The molecule has 2 nitrogen and oxygen atoms in total. The summed E-state index contributed by atoms with van der Waals surface area (Å²) in [5, 5.41) is 15.4. The predicted molar refractivity (Wildman–Crippen MR) is 111 cm³/mol. The van der Waals surface area contributed by atoms with Crippen LogP contribution in [0.4, 0.5) is 0 Å². The topological polar surface area (TPSA) is 32.3 Å². The summed E-state index contributed by atoms with van der Waals surface area (Å²) in [5.74, 6) is 3.59. The van der Waals surface area contributed by atoms with E-state index in [0.29, 0.717) is 23.2 Å². The second kappa shape index (κ2) is 6.20. The van der Waals surface area contributed by atoms with Gasteiger partial charge in [0.05, 0.1) is 5.60 Å². The summed E-state index contributed by atoms with van der Waals surface area (Å²) in [5.41, 5.74) is 1.14. The lowest BCUT2D eigenvalue weighted by molar-refractivity contribution is -0.177. The van der Waals surface area contributed by atoms with Gasteiger partial charge in [0.1, 0.15) is 0 Å². The maximum atomic E-state index is 12.0. The molecule has 7 atom stereocenters. The highest BCUT2D eigenvalue weighted by atomic mass is 16.3. The highest BCUT2D eigenvalue weighted by molar-refractivity contribution is 5.29. The summed E-state index contributed by atoms with van der Waals surface area (Å²) in [6.07, 6.45) is 16.2. The Labute approximate surface area is 165 Å². The molecular weight excluding hydrogens is 330 g/mol. The van der Waals surface area contributed by atoms with Crippen LogP contribution in [0.2, 0.25) is 0 Å². The van der Waals surface area contributed by atoms with Crippen LogP contribution >= 0.6 is 0 Å². The molecule has 0 aromatic carbocycles. The van der Waals surface area contributed by atoms with Crippen molar-refractivity contribution in [3.63, 3.8) is 0 Å². The SMILES string of the molecule is C=C1C[C@H]2[C@@H]3CCC[C@@]3(C)CC[C@@H]2[C@@]2(C)CC[C@@H](/C=C\C3CNC3)C[C@]12O. The summed E-state index contributed by atoms with van der Waals surface area (Å²) < 4.78 is 0. The lowest BCUT2D eigenvalue weighted by atomic mass is 9.42. The van der Waals surface area contributed by atoms with Gasteiger partial charge in [-0.3, -0.25) is 0 Å². The van der Waals surface area contributed by atoms with Crippen molar-refractivity contribution in [3.05, 3.63) is 24.3 Å². The van der Waals surface area contributed by atoms with Crippen molar-refractivity contribution in [2.24, 2.45) is 40.4 Å². The molecular formula is C25H39NO. The Kier molecular flexibility index (Phi) is 4.23. The van der Waals surface area contributed by atoms with Crippen molar-refractivity contribution in [1.29, 1.82) is 0 Å². The minimum Gasteiger partial charge on any atom is -0.385 e. The molecule has 0 aromatic rings. The Bertz CT molecular complexity index is 651. The average Bonchev–Trinajstić information content (AvgIpc) is 2.98.